The van der Waals surface area contributed by atoms with Crippen molar-refractivity contribution < 1.29 is 23.9 Å². The Balaban J connectivity index is 5.32. The van der Waals surface area contributed by atoms with Crippen molar-refractivity contribution in [2.24, 2.45) is 11.7 Å². The molecule has 0 aliphatic heterocycles. The van der Waals surface area contributed by atoms with Gasteiger partial charge in [0.1, 0.15) is 12.1 Å². The Bertz CT molecular complexity index is 542. The zero-order valence-corrected chi connectivity index (χ0v) is 18.7. The highest BCUT2D eigenvalue weighted by atomic mass is 32.2. The SMILES string of the molecule is CCCC(=O)N(C)[C@H](CSCCC(=O)OC)C(=O)N(C)[C@@H](CC(C)C)C(N)=O. The second-order valence-corrected chi connectivity index (χ2v) is 8.32. The fourth-order valence-corrected chi connectivity index (χ4v) is 3.73. The van der Waals surface area contributed by atoms with Crippen molar-refractivity contribution >= 4 is 35.5 Å². The summed E-state index contributed by atoms with van der Waals surface area (Å²) < 4.78 is 4.61. The summed E-state index contributed by atoms with van der Waals surface area (Å²) in [5, 5.41) is 0. The van der Waals surface area contributed by atoms with Crippen molar-refractivity contribution in [3.63, 3.8) is 0 Å². The smallest absolute Gasteiger partial charge is 0.306 e. The number of nitrogens with two attached hydrogens (primary N) is 1. The van der Waals surface area contributed by atoms with Gasteiger partial charge in [-0.2, -0.15) is 11.8 Å². The molecule has 0 saturated heterocycles. The summed E-state index contributed by atoms with van der Waals surface area (Å²) in [6.45, 7) is 5.79. The van der Waals surface area contributed by atoms with E-state index in [1.807, 2.05) is 20.8 Å². The Hall–Kier alpha value is -1.77. The van der Waals surface area contributed by atoms with Gasteiger partial charge in [-0.05, 0) is 18.8 Å². The van der Waals surface area contributed by atoms with Crippen LogP contribution in [0.15, 0.2) is 0 Å². The van der Waals surface area contributed by atoms with Gasteiger partial charge in [0.05, 0.1) is 13.5 Å². The summed E-state index contributed by atoms with van der Waals surface area (Å²) >= 11 is 1.39. The lowest BCUT2D eigenvalue weighted by Gasteiger charge is -2.34. The summed E-state index contributed by atoms with van der Waals surface area (Å²) in [5.74, 6) is -0.386. The molecular weight excluding hydrogens is 382 g/mol. The molecule has 0 bridgehead atoms. The lowest BCUT2D eigenvalue weighted by molar-refractivity contribution is -0.146. The molecule has 0 spiro atoms. The monoisotopic (exact) mass is 417 g/mol. The van der Waals surface area contributed by atoms with E-state index in [2.05, 4.69) is 4.74 Å². The van der Waals surface area contributed by atoms with E-state index in [-0.39, 0.29) is 30.1 Å². The third-order valence-corrected chi connectivity index (χ3v) is 5.45. The number of nitrogens with zero attached hydrogens (tertiary/aromatic N) is 2. The van der Waals surface area contributed by atoms with E-state index in [0.717, 1.165) is 0 Å². The van der Waals surface area contributed by atoms with Crippen molar-refractivity contribution in [1.82, 2.24) is 9.80 Å². The number of likely N-dealkylation sites (N-methyl/N-ethyl adjacent to an activating group) is 2. The summed E-state index contributed by atoms with van der Waals surface area (Å²) in [6.07, 6.45) is 1.68. The zero-order valence-electron chi connectivity index (χ0n) is 17.9. The van der Waals surface area contributed by atoms with Crippen LogP contribution in [0, 0.1) is 5.92 Å². The second kappa shape index (κ2) is 13.4. The van der Waals surface area contributed by atoms with Crippen molar-refractivity contribution in [2.75, 3.05) is 32.7 Å². The van der Waals surface area contributed by atoms with Gasteiger partial charge >= 0.3 is 5.97 Å². The second-order valence-electron chi connectivity index (χ2n) is 7.17. The highest BCUT2D eigenvalue weighted by Crippen LogP contribution is 2.17. The van der Waals surface area contributed by atoms with Crippen LogP contribution in [0.1, 0.15) is 46.5 Å². The molecule has 0 rings (SSSR count). The van der Waals surface area contributed by atoms with Gasteiger partial charge in [0.2, 0.25) is 17.7 Å². The van der Waals surface area contributed by atoms with E-state index in [9.17, 15) is 19.2 Å². The molecule has 2 N–H and O–H groups in total. The summed E-state index contributed by atoms with van der Waals surface area (Å²) in [7, 11) is 4.46. The molecule has 0 unspecified atom stereocenters. The van der Waals surface area contributed by atoms with Crippen LogP contribution in [-0.2, 0) is 23.9 Å². The first-order chi connectivity index (χ1) is 13.1. The largest absolute Gasteiger partial charge is 0.469 e. The third kappa shape index (κ3) is 8.95. The molecular formula is C19H35N3O5S. The molecule has 2 atom stereocenters. The van der Waals surface area contributed by atoms with Crippen LogP contribution < -0.4 is 5.73 Å². The van der Waals surface area contributed by atoms with E-state index in [0.29, 0.717) is 30.8 Å². The third-order valence-electron chi connectivity index (χ3n) is 4.40. The zero-order chi connectivity index (χ0) is 21.9. The van der Waals surface area contributed by atoms with Crippen LogP contribution in [0.2, 0.25) is 0 Å². The van der Waals surface area contributed by atoms with Crippen LogP contribution in [0.3, 0.4) is 0 Å². The minimum Gasteiger partial charge on any atom is -0.469 e. The van der Waals surface area contributed by atoms with Crippen LogP contribution in [0.4, 0.5) is 0 Å². The first kappa shape index (κ1) is 26.2. The van der Waals surface area contributed by atoms with Gasteiger partial charge in [0, 0.05) is 32.0 Å². The molecule has 8 nitrogen and oxygen atoms in total. The van der Waals surface area contributed by atoms with Crippen molar-refractivity contribution in [3.05, 3.63) is 0 Å². The number of thioether (sulfide) groups is 1. The molecule has 0 fully saturated rings. The van der Waals surface area contributed by atoms with E-state index in [1.54, 1.807) is 14.1 Å². The maximum atomic E-state index is 13.1. The number of hydrogen-bond acceptors (Lipinski definition) is 6. The van der Waals surface area contributed by atoms with Gasteiger partial charge in [-0.1, -0.05) is 20.8 Å². The number of carbonyl (C=O) groups excluding carboxylic acids is 4. The summed E-state index contributed by atoms with van der Waals surface area (Å²) in [4.78, 5) is 51.4. The Labute approximate surface area is 172 Å². The number of esters is 1. The molecule has 3 amide bonds. The Kier molecular flexibility index (Phi) is 12.6. The number of ether oxygens (including phenoxy) is 1. The van der Waals surface area contributed by atoms with Crippen molar-refractivity contribution in [2.45, 2.75) is 58.5 Å². The van der Waals surface area contributed by atoms with Crippen LogP contribution in [0.25, 0.3) is 0 Å². The molecule has 162 valence electrons. The molecule has 0 heterocycles. The van der Waals surface area contributed by atoms with E-state index < -0.39 is 18.0 Å². The lowest BCUT2D eigenvalue weighted by atomic mass is 10.0. The Morgan fingerprint density at radius 1 is 1.04 bits per heavy atom. The number of methoxy groups -OCH3 is 1. The minimum absolute atomic E-state index is 0.137. The number of amides is 3. The van der Waals surface area contributed by atoms with Gasteiger partial charge in [-0.3, -0.25) is 19.2 Å². The van der Waals surface area contributed by atoms with Crippen LogP contribution in [-0.4, -0.2) is 78.3 Å². The van der Waals surface area contributed by atoms with Gasteiger partial charge in [-0.25, -0.2) is 0 Å². The normalized spacial score (nSPS) is 13.0. The first-order valence-electron chi connectivity index (χ1n) is 9.52. The fourth-order valence-electron chi connectivity index (χ4n) is 2.67. The molecule has 28 heavy (non-hydrogen) atoms. The van der Waals surface area contributed by atoms with Crippen LogP contribution in [0.5, 0.6) is 0 Å². The topological polar surface area (TPSA) is 110 Å². The molecule has 0 aliphatic rings. The maximum absolute atomic E-state index is 13.1. The molecule has 0 aromatic rings. The fraction of sp³-hybridized carbons (Fsp3) is 0.789. The molecule has 9 heteroatoms. The number of rotatable bonds is 13. The summed E-state index contributed by atoms with van der Waals surface area (Å²) in [5.41, 5.74) is 5.51. The maximum Gasteiger partial charge on any atom is 0.306 e. The molecule has 0 saturated carbocycles. The lowest BCUT2D eigenvalue weighted by Crippen LogP contribution is -2.55. The van der Waals surface area contributed by atoms with Gasteiger partial charge < -0.3 is 20.3 Å². The average molecular weight is 418 g/mol. The number of carbonyl (C=O) groups is 4. The minimum atomic E-state index is -0.735. The first-order valence-corrected chi connectivity index (χ1v) is 10.7. The highest BCUT2D eigenvalue weighted by Gasteiger charge is 2.34. The summed E-state index contributed by atoms with van der Waals surface area (Å²) in [6, 6.07) is -1.47. The van der Waals surface area contributed by atoms with Crippen molar-refractivity contribution in [1.29, 1.82) is 0 Å². The molecule has 0 aromatic carbocycles. The molecule has 0 aliphatic carbocycles. The van der Waals surface area contributed by atoms with E-state index in [4.69, 9.17) is 5.73 Å². The van der Waals surface area contributed by atoms with E-state index >= 15 is 0 Å². The average Bonchev–Trinajstić information content (AvgIpc) is 2.64. The number of primary amides is 1. The van der Waals surface area contributed by atoms with Gasteiger partial charge in [-0.15, -0.1) is 0 Å². The standard InChI is InChI=1S/C19H35N3O5S/c1-7-8-16(23)21(4)15(12-28-10-9-17(24)27-6)19(26)22(5)14(18(20)25)11-13(2)3/h13-15H,7-12H2,1-6H3,(H2,20,25)/t14-,15+/m0/s1. The Morgan fingerprint density at radius 2 is 1.64 bits per heavy atom. The van der Waals surface area contributed by atoms with Crippen molar-refractivity contribution in [3.8, 4) is 0 Å². The van der Waals surface area contributed by atoms with Crippen LogP contribution >= 0.6 is 11.8 Å². The molecule has 0 radical (unpaired) electrons. The number of hydrogen-bond donors (Lipinski definition) is 1. The predicted molar refractivity (Wildman–Crippen MR) is 111 cm³/mol. The van der Waals surface area contributed by atoms with Gasteiger partial charge in [0.25, 0.3) is 0 Å². The van der Waals surface area contributed by atoms with E-state index in [1.165, 1.54) is 28.7 Å². The highest BCUT2D eigenvalue weighted by molar-refractivity contribution is 7.99. The van der Waals surface area contributed by atoms with Gasteiger partial charge in [0.15, 0.2) is 0 Å². The quantitative estimate of drug-likeness (QED) is 0.357. The molecule has 0 aromatic heterocycles. The predicted octanol–water partition coefficient (Wildman–Crippen LogP) is 1.27. The Morgan fingerprint density at radius 3 is 2.11 bits per heavy atom.